The second-order valence-electron chi connectivity index (χ2n) is 3.04. The lowest BCUT2D eigenvalue weighted by Gasteiger charge is -2.25. The molecule has 0 spiro atoms. The molecule has 1 aromatic carbocycles. The van der Waals surface area contributed by atoms with Gasteiger partial charge < -0.3 is 15.2 Å². The van der Waals surface area contributed by atoms with Gasteiger partial charge in [0, 0.05) is 12.0 Å². The highest BCUT2D eigenvalue weighted by Gasteiger charge is 2.18. The van der Waals surface area contributed by atoms with Crippen LogP contribution in [0.25, 0.3) is 0 Å². The average Bonchev–Trinajstić information content (AvgIpc) is 2.18. The van der Waals surface area contributed by atoms with Gasteiger partial charge in [0.05, 0.1) is 6.61 Å². The molecule has 3 heteroatoms. The molecule has 0 radical (unpaired) electrons. The molecule has 2 N–H and O–H groups in total. The lowest BCUT2D eigenvalue weighted by molar-refractivity contribution is -0.109. The number of fused-ring (bicyclic) bond motifs is 1. The molecular weight excluding hydrogens is 166 g/mol. The first-order chi connectivity index (χ1) is 6.40. The Kier molecular flexibility index (Phi) is 2.47. The monoisotopic (exact) mass is 179 g/mol. The lowest BCUT2D eigenvalue weighted by atomic mass is 10.2. The predicted molar refractivity (Wildman–Crippen MR) is 49.3 cm³/mol. The first-order valence-corrected chi connectivity index (χ1v) is 4.46. The van der Waals surface area contributed by atoms with E-state index in [2.05, 4.69) is 0 Å². The Balaban J connectivity index is 2.11. The van der Waals surface area contributed by atoms with Crippen molar-refractivity contribution in [3.8, 4) is 5.75 Å². The van der Waals surface area contributed by atoms with Gasteiger partial charge in [-0.05, 0) is 12.6 Å². The van der Waals surface area contributed by atoms with E-state index >= 15 is 0 Å². The molecule has 1 aliphatic heterocycles. The minimum atomic E-state index is -0.167. The predicted octanol–water partition coefficient (Wildman–Crippen LogP) is 1.27. The van der Waals surface area contributed by atoms with Crippen molar-refractivity contribution in [3.63, 3.8) is 0 Å². The summed E-state index contributed by atoms with van der Waals surface area (Å²) in [6, 6.07) is 7.91. The maximum Gasteiger partial charge on any atom is 0.201 e. The van der Waals surface area contributed by atoms with Gasteiger partial charge >= 0.3 is 0 Å². The molecule has 1 aliphatic rings. The van der Waals surface area contributed by atoms with Gasteiger partial charge in [0.1, 0.15) is 5.75 Å². The summed E-state index contributed by atoms with van der Waals surface area (Å²) in [4.78, 5) is 0. The number of hydrogen-bond acceptors (Lipinski definition) is 3. The van der Waals surface area contributed by atoms with Crippen molar-refractivity contribution in [2.45, 2.75) is 19.3 Å². The van der Waals surface area contributed by atoms with Crippen LogP contribution in [0, 0.1) is 0 Å². The van der Waals surface area contributed by atoms with Gasteiger partial charge in [0.2, 0.25) is 6.29 Å². The van der Waals surface area contributed by atoms with E-state index in [0.717, 1.165) is 17.7 Å². The molecule has 0 saturated heterocycles. The Labute approximate surface area is 77.5 Å². The average molecular weight is 179 g/mol. The Hall–Kier alpha value is -1.06. The molecule has 0 saturated carbocycles. The molecule has 1 aromatic rings. The molecule has 2 rings (SSSR count). The van der Waals surface area contributed by atoms with Gasteiger partial charge in [-0.1, -0.05) is 18.2 Å². The fraction of sp³-hybridized carbons (Fsp3) is 0.400. The molecule has 0 bridgehead atoms. The summed E-state index contributed by atoms with van der Waals surface area (Å²) in [5.74, 6) is 0.923. The van der Waals surface area contributed by atoms with Crippen LogP contribution in [0.3, 0.4) is 0 Å². The van der Waals surface area contributed by atoms with Crippen LogP contribution in [0.1, 0.15) is 12.0 Å². The molecule has 3 nitrogen and oxygen atoms in total. The molecule has 0 fully saturated rings. The highest BCUT2D eigenvalue weighted by atomic mass is 16.7. The SMILES string of the molecule is NCCC1OCc2ccccc2O1. The Morgan fingerprint density at radius 3 is 3.08 bits per heavy atom. The molecule has 1 unspecified atom stereocenters. The van der Waals surface area contributed by atoms with Crippen molar-refractivity contribution in [2.24, 2.45) is 5.73 Å². The first-order valence-electron chi connectivity index (χ1n) is 4.46. The number of nitrogens with two attached hydrogens (primary N) is 1. The van der Waals surface area contributed by atoms with Crippen LogP contribution < -0.4 is 10.5 Å². The zero-order chi connectivity index (χ0) is 9.10. The third-order valence-corrected chi connectivity index (χ3v) is 2.06. The maximum absolute atomic E-state index is 5.57. The van der Waals surface area contributed by atoms with E-state index in [1.54, 1.807) is 0 Å². The number of ether oxygens (including phenoxy) is 2. The van der Waals surface area contributed by atoms with E-state index in [-0.39, 0.29) is 6.29 Å². The van der Waals surface area contributed by atoms with E-state index in [1.807, 2.05) is 24.3 Å². The van der Waals surface area contributed by atoms with Gasteiger partial charge in [-0.3, -0.25) is 0 Å². The number of benzene rings is 1. The van der Waals surface area contributed by atoms with Crippen molar-refractivity contribution >= 4 is 0 Å². The first kappa shape index (κ1) is 8.53. The minimum absolute atomic E-state index is 0.167. The number of hydrogen-bond donors (Lipinski definition) is 1. The van der Waals surface area contributed by atoms with Gasteiger partial charge in [-0.2, -0.15) is 0 Å². The van der Waals surface area contributed by atoms with Crippen molar-refractivity contribution in [2.75, 3.05) is 6.54 Å². The molecular formula is C10H13NO2. The summed E-state index contributed by atoms with van der Waals surface area (Å²) < 4.78 is 11.0. The third-order valence-electron chi connectivity index (χ3n) is 2.06. The van der Waals surface area contributed by atoms with Gasteiger partial charge in [-0.15, -0.1) is 0 Å². The summed E-state index contributed by atoms with van der Waals surface area (Å²) in [5, 5.41) is 0. The second kappa shape index (κ2) is 3.77. The van der Waals surface area contributed by atoms with Crippen LogP contribution in [-0.2, 0) is 11.3 Å². The van der Waals surface area contributed by atoms with Gasteiger partial charge in [-0.25, -0.2) is 0 Å². The van der Waals surface area contributed by atoms with Crippen molar-refractivity contribution in [1.82, 2.24) is 0 Å². The normalized spacial score (nSPS) is 20.5. The summed E-state index contributed by atoms with van der Waals surface area (Å²) in [5.41, 5.74) is 6.53. The molecule has 0 amide bonds. The molecule has 0 aliphatic carbocycles. The highest BCUT2D eigenvalue weighted by Crippen LogP contribution is 2.26. The molecule has 1 heterocycles. The van der Waals surface area contributed by atoms with Crippen LogP contribution in [0.2, 0.25) is 0 Å². The molecule has 70 valence electrons. The zero-order valence-corrected chi connectivity index (χ0v) is 7.40. The van der Waals surface area contributed by atoms with Gasteiger partial charge in [0.25, 0.3) is 0 Å². The molecule has 1 atom stereocenters. The van der Waals surface area contributed by atoms with Crippen LogP contribution in [0.4, 0.5) is 0 Å². The van der Waals surface area contributed by atoms with Crippen LogP contribution in [0.5, 0.6) is 5.75 Å². The van der Waals surface area contributed by atoms with Gasteiger partial charge in [0.15, 0.2) is 0 Å². The topological polar surface area (TPSA) is 44.5 Å². The van der Waals surface area contributed by atoms with Crippen molar-refractivity contribution in [3.05, 3.63) is 29.8 Å². The van der Waals surface area contributed by atoms with E-state index in [4.69, 9.17) is 15.2 Å². The summed E-state index contributed by atoms with van der Waals surface area (Å²) >= 11 is 0. The van der Waals surface area contributed by atoms with Crippen LogP contribution in [-0.4, -0.2) is 12.8 Å². The fourth-order valence-corrected chi connectivity index (χ4v) is 1.37. The van der Waals surface area contributed by atoms with E-state index in [9.17, 15) is 0 Å². The highest BCUT2D eigenvalue weighted by molar-refractivity contribution is 5.33. The minimum Gasteiger partial charge on any atom is -0.465 e. The lowest BCUT2D eigenvalue weighted by Crippen LogP contribution is -2.27. The van der Waals surface area contributed by atoms with Crippen molar-refractivity contribution < 1.29 is 9.47 Å². The van der Waals surface area contributed by atoms with Crippen molar-refractivity contribution in [1.29, 1.82) is 0 Å². The summed E-state index contributed by atoms with van der Waals surface area (Å²) in [6.45, 7) is 1.22. The van der Waals surface area contributed by atoms with E-state index < -0.39 is 0 Å². The van der Waals surface area contributed by atoms with E-state index in [1.165, 1.54) is 0 Å². The Bertz CT molecular complexity index is 288. The maximum atomic E-state index is 5.57. The quantitative estimate of drug-likeness (QED) is 0.743. The largest absolute Gasteiger partial charge is 0.465 e. The summed E-state index contributed by atoms with van der Waals surface area (Å²) in [6.07, 6.45) is 0.578. The Morgan fingerprint density at radius 1 is 1.38 bits per heavy atom. The summed E-state index contributed by atoms with van der Waals surface area (Å²) in [7, 11) is 0. The fourth-order valence-electron chi connectivity index (χ4n) is 1.37. The van der Waals surface area contributed by atoms with E-state index in [0.29, 0.717) is 13.2 Å². The number of para-hydroxylation sites is 1. The molecule has 13 heavy (non-hydrogen) atoms. The number of rotatable bonds is 2. The molecule has 0 aromatic heterocycles. The zero-order valence-electron chi connectivity index (χ0n) is 7.40. The van der Waals surface area contributed by atoms with Crippen LogP contribution in [0.15, 0.2) is 24.3 Å². The smallest absolute Gasteiger partial charge is 0.201 e. The van der Waals surface area contributed by atoms with Crippen LogP contribution >= 0.6 is 0 Å². The Morgan fingerprint density at radius 2 is 2.23 bits per heavy atom. The third kappa shape index (κ3) is 1.82. The second-order valence-corrected chi connectivity index (χ2v) is 3.04. The standard InChI is InChI=1S/C10H13NO2/c11-6-5-10-12-7-8-3-1-2-4-9(8)13-10/h1-4,10H,5-7,11H2.